The highest BCUT2D eigenvalue weighted by molar-refractivity contribution is 5.06. The van der Waals surface area contributed by atoms with Gasteiger partial charge in [0, 0.05) is 0 Å². The largest absolute Gasteiger partial charge is 0.388 e. The Balaban J connectivity index is 4.02. The lowest BCUT2D eigenvalue weighted by Crippen LogP contribution is -2.28. The fourth-order valence-corrected chi connectivity index (χ4v) is 0.836. The molecule has 0 aromatic rings. The molecule has 0 radical (unpaired) electrons. The molecule has 0 saturated carbocycles. The summed E-state index contributed by atoms with van der Waals surface area (Å²) in [5.74, 6) is 0.448. The van der Waals surface area contributed by atoms with Crippen molar-refractivity contribution in [2.24, 2.45) is 17.6 Å². The van der Waals surface area contributed by atoms with Crippen molar-refractivity contribution in [2.45, 2.75) is 26.9 Å². The van der Waals surface area contributed by atoms with Crippen LogP contribution in [-0.2, 0) is 0 Å². The van der Waals surface area contributed by atoms with Crippen LogP contribution in [0.25, 0.3) is 0 Å². The minimum Gasteiger partial charge on any atom is -0.388 e. The van der Waals surface area contributed by atoms with Crippen molar-refractivity contribution < 1.29 is 5.11 Å². The predicted molar refractivity (Wildman–Crippen MR) is 48.2 cm³/mol. The van der Waals surface area contributed by atoms with Crippen LogP contribution in [-0.4, -0.2) is 17.8 Å². The Kier molecular flexibility index (Phi) is 4.38. The Labute approximate surface area is 69.1 Å². The molecule has 0 saturated heterocycles. The van der Waals surface area contributed by atoms with E-state index < -0.39 is 6.10 Å². The fraction of sp³-hybridized carbons (Fsp3) is 0.778. The molecule has 0 fully saturated rings. The molecule has 0 bridgehead atoms. The second-order valence-corrected chi connectivity index (χ2v) is 3.39. The molecule has 0 aliphatic carbocycles. The first kappa shape index (κ1) is 10.7. The standard InChI is InChI=1S/C9H19NO/c1-6(2)8(4)9(11)7(3)5-10/h6-7,9,11H,4-5,10H2,1-3H3. The van der Waals surface area contributed by atoms with Crippen LogP contribution in [0.5, 0.6) is 0 Å². The molecule has 0 aliphatic heterocycles. The molecule has 0 heterocycles. The highest BCUT2D eigenvalue weighted by Crippen LogP contribution is 2.17. The first-order chi connectivity index (χ1) is 5.00. The fourth-order valence-electron chi connectivity index (χ4n) is 0.836. The van der Waals surface area contributed by atoms with Crippen LogP contribution in [0.15, 0.2) is 12.2 Å². The van der Waals surface area contributed by atoms with Crippen LogP contribution >= 0.6 is 0 Å². The van der Waals surface area contributed by atoms with E-state index in [-0.39, 0.29) is 5.92 Å². The van der Waals surface area contributed by atoms with Gasteiger partial charge in [-0.3, -0.25) is 0 Å². The lowest BCUT2D eigenvalue weighted by Gasteiger charge is -2.21. The SMILES string of the molecule is C=C(C(C)C)C(O)C(C)CN. The Bertz CT molecular complexity index is 132. The second-order valence-electron chi connectivity index (χ2n) is 3.39. The van der Waals surface area contributed by atoms with E-state index in [0.29, 0.717) is 12.5 Å². The predicted octanol–water partition coefficient (Wildman–Crippen LogP) is 1.15. The third-order valence-electron chi connectivity index (χ3n) is 2.03. The van der Waals surface area contributed by atoms with Crippen LogP contribution in [0.4, 0.5) is 0 Å². The average Bonchev–Trinajstić information content (AvgIpc) is 2.00. The van der Waals surface area contributed by atoms with Crippen molar-refractivity contribution in [2.75, 3.05) is 6.54 Å². The molecular formula is C9H19NO. The number of aliphatic hydroxyl groups excluding tert-OH is 1. The minimum absolute atomic E-state index is 0.116. The van der Waals surface area contributed by atoms with Crippen LogP contribution in [0.3, 0.4) is 0 Å². The molecule has 0 aromatic carbocycles. The van der Waals surface area contributed by atoms with Gasteiger partial charge in [0.05, 0.1) is 6.10 Å². The van der Waals surface area contributed by atoms with E-state index in [1.54, 1.807) is 0 Å². The molecule has 0 amide bonds. The van der Waals surface area contributed by atoms with Crippen LogP contribution in [0.2, 0.25) is 0 Å². The van der Waals surface area contributed by atoms with Gasteiger partial charge in [0.15, 0.2) is 0 Å². The number of hydrogen-bond acceptors (Lipinski definition) is 2. The van der Waals surface area contributed by atoms with E-state index in [1.807, 2.05) is 20.8 Å². The zero-order valence-electron chi connectivity index (χ0n) is 7.67. The molecule has 2 atom stereocenters. The molecule has 66 valence electrons. The van der Waals surface area contributed by atoms with Crippen LogP contribution in [0.1, 0.15) is 20.8 Å². The maximum atomic E-state index is 9.58. The Morgan fingerprint density at radius 1 is 1.45 bits per heavy atom. The highest BCUT2D eigenvalue weighted by atomic mass is 16.3. The van der Waals surface area contributed by atoms with E-state index in [4.69, 9.17) is 5.73 Å². The third kappa shape index (κ3) is 3.04. The normalized spacial score (nSPS) is 16.5. The van der Waals surface area contributed by atoms with Gasteiger partial charge in [-0.25, -0.2) is 0 Å². The number of rotatable bonds is 4. The summed E-state index contributed by atoms with van der Waals surface area (Å²) in [5, 5.41) is 9.58. The van der Waals surface area contributed by atoms with Gasteiger partial charge in [0.1, 0.15) is 0 Å². The van der Waals surface area contributed by atoms with Gasteiger partial charge in [-0.15, -0.1) is 0 Å². The molecule has 0 aliphatic rings. The Hall–Kier alpha value is -0.340. The number of hydrogen-bond donors (Lipinski definition) is 2. The molecule has 2 unspecified atom stereocenters. The summed E-state index contributed by atoms with van der Waals surface area (Å²) in [7, 11) is 0. The summed E-state index contributed by atoms with van der Waals surface area (Å²) in [6.07, 6.45) is -0.444. The van der Waals surface area contributed by atoms with E-state index >= 15 is 0 Å². The maximum Gasteiger partial charge on any atom is 0.0787 e. The summed E-state index contributed by atoms with van der Waals surface area (Å²) in [4.78, 5) is 0. The molecule has 0 spiro atoms. The average molecular weight is 157 g/mol. The van der Waals surface area contributed by atoms with Gasteiger partial charge in [0.2, 0.25) is 0 Å². The van der Waals surface area contributed by atoms with E-state index in [1.165, 1.54) is 0 Å². The molecular weight excluding hydrogens is 138 g/mol. The highest BCUT2D eigenvalue weighted by Gasteiger charge is 2.17. The molecule has 0 rings (SSSR count). The summed E-state index contributed by atoms with van der Waals surface area (Å²) < 4.78 is 0. The van der Waals surface area contributed by atoms with Crippen molar-refractivity contribution in [3.05, 3.63) is 12.2 Å². The quantitative estimate of drug-likeness (QED) is 0.601. The van der Waals surface area contributed by atoms with Gasteiger partial charge < -0.3 is 10.8 Å². The van der Waals surface area contributed by atoms with Gasteiger partial charge in [-0.1, -0.05) is 27.4 Å². The lowest BCUT2D eigenvalue weighted by atomic mass is 9.91. The zero-order valence-corrected chi connectivity index (χ0v) is 7.67. The molecule has 2 nitrogen and oxygen atoms in total. The van der Waals surface area contributed by atoms with Gasteiger partial charge in [-0.05, 0) is 24.0 Å². The van der Waals surface area contributed by atoms with E-state index in [9.17, 15) is 5.11 Å². The Morgan fingerprint density at radius 3 is 2.18 bits per heavy atom. The summed E-state index contributed by atoms with van der Waals surface area (Å²) in [6, 6.07) is 0. The monoisotopic (exact) mass is 157 g/mol. The van der Waals surface area contributed by atoms with Crippen molar-refractivity contribution in [3.8, 4) is 0 Å². The summed E-state index contributed by atoms with van der Waals surface area (Å²) in [5.41, 5.74) is 6.29. The van der Waals surface area contributed by atoms with E-state index in [0.717, 1.165) is 5.57 Å². The van der Waals surface area contributed by atoms with Crippen molar-refractivity contribution in [3.63, 3.8) is 0 Å². The number of nitrogens with two attached hydrogens (primary N) is 1. The molecule has 2 heteroatoms. The first-order valence-electron chi connectivity index (χ1n) is 4.07. The second kappa shape index (κ2) is 4.52. The molecule has 3 N–H and O–H groups in total. The third-order valence-corrected chi connectivity index (χ3v) is 2.03. The van der Waals surface area contributed by atoms with E-state index in [2.05, 4.69) is 6.58 Å². The topological polar surface area (TPSA) is 46.2 Å². The lowest BCUT2D eigenvalue weighted by molar-refractivity contribution is 0.146. The summed E-state index contributed by atoms with van der Waals surface area (Å²) in [6.45, 7) is 10.3. The van der Waals surface area contributed by atoms with Crippen molar-refractivity contribution in [1.29, 1.82) is 0 Å². The molecule has 11 heavy (non-hydrogen) atoms. The molecule has 0 aromatic heterocycles. The van der Waals surface area contributed by atoms with Crippen molar-refractivity contribution in [1.82, 2.24) is 0 Å². The smallest absolute Gasteiger partial charge is 0.0787 e. The maximum absolute atomic E-state index is 9.58. The van der Waals surface area contributed by atoms with Crippen LogP contribution in [0, 0.1) is 11.8 Å². The Morgan fingerprint density at radius 2 is 1.91 bits per heavy atom. The van der Waals surface area contributed by atoms with Crippen molar-refractivity contribution >= 4 is 0 Å². The zero-order chi connectivity index (χ0) is 9.02. The minimum atomic E-state index is -0.444. The summed E-state index contributed by atoms with van der Waals surface area (Å²) >= 11 is 0. The number of aliphatic hydroxyl groups is 1. The van der Waals surface area contributed by atoms with Gasteiger partial charge in [0.25, 0.3) is 0 Å². The van der Waals surface area contributed by atoms with Gasteiger partial charge >= 0.3 is 0 Å². The van der Waals surface area contributed by atoms with Gasteiger partial charge in [-0.2, -0.15) is 0 Å². The van der Waals surface area contributed by atoms with Crippen LogP contribution < -0.4 is 5.73 Å². The first-order valence-corrected chi connectivity index (χ1v) is 4.07.